The van der Waals surface area contributed by atoms with Crippen LogP contribution in [0.1, 0.15) is 47.1 Å². The van der Waals surface area contributed by atoms with Gasteiger partial charge < -0.3 is 21.1 Å². The molecule has 8 heteroatoms. The van der Waals surface area contributed by atoms with Gasteiger partial charge in [-0.3, -0.25) is 0 Å². The van der Waals surface area contributed by atoms with Gasteiger partial charge in [-0.25, -0.2) is 9.48 Å². The van der Waals surface area contributed by atoms with Crippen LogP contribution < -0.4 is 16.4 Å². The van der Waals surface area contributed by atoms with Crippen molar-refractivity contribution in [2.24, 2.45) is 0 Å². The lowest BCUT2D eigenvalue weighted by atomic mass is 10.1. The predicted molar refractivity (Wildman–Crippen MR) is 89.1 cm³/mol. The van der Waals surface area contributed by atoms with Gasteiger partial charge in [0.15, 0.2) is 5.82 Å². The van der Waals surface area contributed by atoms with Crippen LogP contribution in [0.2, 0.25) is 0 Å². The third-order valence-electron chi connectivity index (χ3n) is 2.75. The minimum atomic E-state index is -0.536. The number of amides is 1. The summed E-state index contributed by atoms with van der Waals surface area (Å²) < 4.78 is 6.74. The van der Waals surface area contributed by atoms with Gasteiger partial charge in [0.1, 0.15) is 23.1 Å². The molecule has 1 amide bonds. The number of nitrogen functional groups attached to an aromatic ring is 1. The van der Waals surface area contributed by atoms with Gasteiger partial charge in [-0.15, -0.1) is 0 Å². The van der Waals surface area contributed by atoms with Crippen LogP contribution in [0.5, 0.6) is 0 Å². The van der Waals surface area contributed by atoms with Gasteiger partial charge in [0.05, 0.1) is 5.54 Å². The second-order valence-corrected chi connectivity index (χ2v) is 7.16. The van der Waals surface area contributed by atoms with Crippen molar-refractivity contribution in [2.75, 3.05) is 24.1 Å². The van der Waals surface area contributed by atoms with E-state index in [0.717, 1.165) is 0 Å². The Bertz CT molecular complexity index is 601. The summed E-state index contributed by atoms with van der Waals surface area (Å²) in [5.41, 5.74) is 5.41. The number of carbonyl (C=O) groups is 1. The lowest BCUT2D eigenvalue weighted by molar-refractivity contribution is 0.0530. The number of nitriles is 1. The second kappa shape index (κ2) is 6.77. The number of nitrogens with zero attached hydrogens (tertiary/aromatic N) is 3. The predicted octanol–water partition coefficient (Wildman–Crippen LogP) is 2.03. The Morgan fingerprint density at radius 3 is 2.39 bits per heavy atom. The van der Waals surface area contributed by atoms with Gasteiger partial charge in [-0.2, -0.15) is 10.4 Å². The summed E-state index contributed by atoms with van der Waals surface area (Å²) in [4.78, 5) is 11.5. The maximum Gasteiger partial charge on any atom is 0.407 e. The third-order valence-corrected chi connectivity index (χ3v) is 2.75. The number of hydrogen-bond donors (Lipinski definition) is 3. The number of alkyl carbamates (subject to hydrolysis) is 1. The molecular formula is C15H26N6O2. The number of nitrogens with two attached hydrogens (primary N) is 1. The fraction of sp³-hybridized carbons (Fsp3) is 0.667. The van der Waals surface area contributed by atoms with Crippen LogP contribution in [0.15, 0.2) is 0 Å². The molecule has 0 aliphatic heterocycles. The summed E-state index contributed by atoms with van der Waals surface area (Å²) in [6.07, 6.45) is -0.487. The Morgan fingerprint density at radius 2 is 1.91 bits per heavy atom. The van der Waals surface area contributed by atoms with Crippen LogP contribution in [0.25, 0.3) is 0 Å². The molecule has 0 aromatic carbocycles. The van der Waals surface area contributed by atoms with Crippen LogP contribution in [-0.4, -0.2) is 34.6 Å². The van der Waals surface area contributed by atoms with Crippen molar-refractivity contribution in [3.63, 3.8) is 0 Å². The van der Waals surface area contributed by atoms with Crippen molar-refractivity contribution in [2.45, 2.75) is 52.7 Å². The Hall–Kier alpha value is -2.43. The zero-order valence-corrected chi connectivity index (χ0v) is 14.6. The maximum atomic E-state index is 11.5. The molecule has 0 unspecified atom stereocenters. The van der Waals surface area contributed by atoms with Crippen molar-refractivity contribution in [3.05, 3.63) is 5.56 Å². The molecule has 8 nitrogen and oxygen atoms in total. The monoisotopic (exact) mass is 322 g/mol. The first-order valence-corrected chi connectivity index (χ1v) is 7.45. The van der Waals surface area contributed by atoms with Gasteiger partial charge in [0, 0.05) is 13.1 Å². The first-order chi connectivity index (χ1) is 10.5. The maximum absolute atomic E-state index is 11.5. The zero-order valence-electron chi connectivity index (χ0n) is 14.6. The normalized spacial score (nSPS) is 11.7. The Balaban J connectivity index is 2.63. The van der Waals surface area contributed by atoms with E-state index in [1.807, 2.05) is 20.8 Å². The molecule has 0 bridgehead atoms. The molecule has 1 rings (SSSR count). The minimum absolute atomic E-state index is 0.303. The molecule has 128 valence electrons. The molecule has 4 N–H and O–H groups in total. The van der Waals surface area contributed by atoms with E-state index >= 15 is 0 Å². The molecule has 0 spiro atoms. The molecule has 0 aliphatic rings. The highest BCUT2D eigenvalue weighted by atomic mass is 16.6. The van der Waals surface area contributed by atoms with Crippen molar-refractivity contribution in [1.82, 2.24) is 15.1 Å². The highest BCUT2D eigenvalue weighted by molar-refractivity contribution is 5.68. The van der Waals surface area contributed by atoms with Gasteiger partial charge in [-0.05, 0) is 41.5 Å². The average molecular weight is 322 g/mol. The SMILES string of the molecule is CC(C)(C)OC(=O)NCCNc1nn(C(C)(C)C)c(N)c1C#N. The molecule has 1 heterocycles. The molecule has 0 saturated carbocycles. The number of nitrogens with one attached hydrogen (secondary N) is 2. The Labute approximate surface area is 137 Å². The summed E-state index contributed by atoms with van der Waals surface area (Å²) in [5.74, 6) is 0.730. The van der Waals surface area contributed by atoms with E-state index < -0.39 is 11.7 Å². The number of hydrogen-bond acceptors (Lipinski definition) is 6. The third kappa shape index (κ3) is 5.36. The number of aromatic nitrogens is 2. The number of rotatable bonds is 4. The number of carbonyl (C=O) groups excluding carboxylic acids is 1. The standard InChI is InChI=1S/C15H26N6O2/c1-14(2,3)21-11(17)10(9-16)12(20-21)18-7-8-19-13(22)23-15(4,5)6/h7-8,17H2,1-6H3,(H,18,20)(H,19,22). The van der Waals surface area contributed by atoms with Crippen molar-refractivity contribution < 1.29 is 9.53 Å². The quantitative estimate of drug-likeness (QED) is 0.730. The summed E-state index contributed by atoms with van der Waals surface area (Å²) in [6, 6.07) is 2.05. The fourth-order valence-corrected chi connectivity index (χ4v) is 1.84. The molecule has 23 heavy (non-hydrogen) atoms. The van der Waals surface area contributed by atoms with E-state index in [0.29, 0.717) is 30.3 Å². The van der Waals surface area contributed by atoms with Crippen LogP contribution in [-0.2, 0) is 10.3 Å². The number of ether oxygens (including phenoxy) is 1. The molecule has 0 saturated heterocycles. The van der Waals surface area contributed by atoms with E-state index in [4.69, 9.17) is 10.5 Å². The summed E-state index contributed by atoms with van der Waals surface area (Å²) in [7, 11) is 0. The summed E-state index contributed by atoms with van der Waals surface area (Å²) >= 11 is 0. The van der Waals surface area contributed by atoms with Crippen molar-refractivity contribution >= 4 is 17.7 Å². The molecular weight excluding hydrogens is 296 g/mol. The Kier molecular flexibility index (Phi) is 5.48. The molecule has 0 fully saturated rings. The van der Waals surface area contributed by atoms with E-state index in [-0.39, 0.29) is 5.54 Å². The second-order valence-electron chi connectivity index (χ2n) is 7.16. The van der Waals surface area contributed by atoms with E-state index in [1.54, 1.807) is 25.5 Å². The topological polar surface area (TPSA) is 118 Å². The minimum Gasteiger partial charge on any atom is -0.444 e. The lowest BCUT2D eigenvalue weighted by Gasteiger charge is -2.20. The van der Waals surface area contributed by atoms with Crippen LogP contribution in [0.3, 0.4) is 0 Å². The van der Waals surface area contributed by atoms with E-state index in [2.05, 4.69) is 21.8 Å². The molecule has 0 atom stereocenters. The molecule has 1 aromatic heterocycles. The summed E-state index contributed by atoms with van der Waals surface area (Å²) in [6.45, 7) is 12.0. The first kappa shape index (κ1) is 18.6. The van der Waals surface area contributed by atoms with Gasteiger partial charge in [0.25, 0.3) is 0 Å². The van der Waals surface area contributed by atoms with Crippen LogP contribution >= 0.6 is 0 Å². The summed E-state index contributed by atoms with van der Waals surface area (Å²) in [5, 5.41) is 19.2. The fourth-order valence-electron chi connectivity index (χ4n) is 1.84. The van der Waals surface area contributed by atoms with Crippen LogP contribution in [0, 0.1) is 11.3 Å². The van der Waals surface area contributed by atoms with E-state index in [9.17, 15) is 10.1 Å². The van der Waals surface area contributed by atoms with Crippen molar-refractivity contribution in [3.8, 4) is 6.07 Å². The Morgan fingerprint density at radius 1 is 1.30 bits per heavy atom. The highest BCUT2D eigenvalue weighted by Gasteiger charge is 2.23. The van der Waals surface area contributed by atoms with Crippen molar-refractivity contribution in [1.29, 1.82) is 5.26 Å². The number of anilines is 2. The smallest absolute Gasteiger partial charge is 0.407 e. The molecule has 1 aromatic rings. The van der Waals surface area contributed by atoms with Gasteiger partial charge in [0.2, 0.25) is 0 Å². The molecule has 0 radical (unpaired) electrons. The van der Waals surface area contributed by atoms with Gasteiger partial charge in [-0.1, -0.05) is 0 Å². The zero-order chi connectivity index (χ0) is 17.8. The average Bonchev–Trinajstić information content (AvgIpc) is 2.68. The van der Waals surface area contributed by atoms with Gasteiger partial charge >= 0.3 is 6.09 Å². The highest BCUT2D eigenvalue weighted by Crippen LogP contribution is 2.26. The van der Waals surface area contributed by atoms with Crippen LogP contribution in [0.4, 0.5) is 16.4 Å². The first-order valence-electron chi connectivity index (χ1n) is 7.45. The lowest BCUT2D eigenvalue weighted by Crippen LogP contribution is -2.35. The van der Waals surface area contributed by atoms with E-state index in [1.165, 1.54) is 0 Å². The molecule has 0 aliphatic carbocycles. The largest absolute Gasteiger partial charge is 0.444 e.